The summed E-state index contributed by atoms with van der Waals surface area (Å²) in [4.78, 5) is 11.1. The first-order valence-corrected chi connectivity index (χ1v) is 5.72. The molecular formula is C12H23NO2. The molecule has 0 fully saturated rings. The molecule has 0 aromatic rings. The molecule has 0 aliphatic heterocycles. The van der Waals surface area contributed by atoms with Gasteiger partial charge in [-0.1, -0.05) is 33.1 Å². The first-order valence-electron chi connectivity index (χ1n) is 5.72. The number of carbonyl (C=O) groups excluding carboxylic acids is 1. The van der Waals surface area contributed by atoms with E-state index in [9.17, 15) is 4.79 Å². The van der Waals surface area contributed by atoms with E-state index < -0.39 is 0 Å². The van der Waals surface area contributed by atoms with Crippen molar-refractivity contribution >= 4 is 5.97 Å². The summed E-state index contributed by atoms with van der Waals surface area (Å²) in [6, 6.07) is 0. The molecule has 1 atom stereocenters. The third-order valence-electron chi connectivity index (χ3n) is 2.22. The van der Waals surface area contributed by atoms with Crippen LogP contribution in [0, 0.1) is 5.92 Å². The van der Waals surface area contributed by atoms with Crippen molar-refractivity contribution in [1.29, 1.82) is 0 Å². The summed E-state index contributed by atoms with van der Waals surface area (Å²) < 4.78 is 4.78. The maximum absolute atomic E-state index is 11.1. The molecule has 88 valence electrons. The minimum atomic E-state index is -0.335. The predicted octanol–water partition coefficient (Wildman–Crippen LogP) is 2.61. The van der Waals surface area contributed by atoms with E-state index in [0.717, 1.165) is 12.8 Å². The smallest absolute Gasteiger partial charge is 0.332 e. The number of unbranched alkanes of at least 4 members (excludes halogenated alkanes) is 1. The van der Waals surface area contributed by atoms with Gasteiger partial charge in [0.25, 0.3) is 0 Å². The second-order valence-electron chi connectivity index (χ2n) is 3.92. The molecule has 3 nitrogen and oxygen atoms in total. The number of nitrogens with two attached hydrogens (primary N) is 1. The first-order chi connectivity index (χ1) is 7.10. The van der Waals surface area contributed by atoms with Crippen LogP contribution in [0.1, 0.15) is 46.5 Å². The van der Waals surface area contributed by atoms with Crippen molar-refractivity contribution < 1.29 is 9.53 Å². The Bertz CT molecular complexity index is 212. The Morgan fingerprint density at radius 2 is 2.13 bits per heavy atom. The number of ether oxygens (including phenoxy) is 1. The molecule has 0 rings (SSSR count). The minimum absolute atomic E-state index is 0.335. The summed E-state index contributed by atoms with van der Waals surface area (Å²) in [6.45, 7) is 6.51. The molecule has 0 aliphatic rings. The standard InChI is InChI=1S/C12H23NO2/c1-4-6-7-10(3)8-11(13)9-12(14)15-5-2/h9-10H,4-8,13H2,1-3H3. The monoisotopic (exact) mass is 213 g/mol. The van der Waals surface area contributed by atoms with Gasteiger partial charge < -0.3 is 10.5 Å². The van der Waals surface area contributed by atoms with Crippen molar-refractivity contribution in [2.45, 2.75) is 46.5 Å². The summed E-state index contributed by atoms with van der Waals surface area (Å²) in [5.74, 6) is 0.202. The van der Waals surface area contributed by atoms with Gasteiger partial charge in [-0.05, 0) is 19.3 Å². The molecule has 0 heterocycles. The molecule has 0 aromatic carbocycles. The summed E-state index contributed by atoms with van der Waals surface area (Å²) >= 11 is 0. The first kappa shape index (κ1) is 14.0. The fourth-order valence-electron chi connectivity index (χ4n) is 1.45. The quantitative estimate of drug-likeness (QED) is 0.522. The minimum Gasteiger partial charge on any atom is -0.463 e. The van der Waals surface area contributed by atoms with Gasteiger partial charge in [-0.3, -0.25) is 0 Å². The fourth-order valence-corrected chi connectivity index (χ4v) is 1.45. The van der Waals surface area contributed by atoms with E-state index in [1.54, 1.807) is 6.92 Å². The molecule has 2 N–H and O–H groups in total. The van der Waals surface area contributed by atoms with Gasteiger partial charge in [0.15, 0.2) is 0 Å². The third-order valence-corrected chi connectivity index (χ3v) is 2.22. The lowest BCUT2D eigenvalue weighted by Gasteiger charge is -2.10. The lowest BCUT2D eigenvalue weighted by Crippen LogP contribution is -2.09. The molecule has 0 spiro atoms. The summed E-state index contributed by atoms with van der Waals surface area (Å²) in [5.41, 5.74) is 6.36. The Kier molecular flexibility index (Phi) is 7.78. The average Bonchev–Trinajstić information content (AvgIpc) is 2.14. The van der Waals surface area contributed by atoms with Gasteiger partial charge in [-0.2, -0.15) is 0 Å². The highest BCUT2D eigenvalue weighted by atomic mass is 16.5. The van der Waals surface area contributed by atoms with Crippen LogP contribution in [0.4, 0.5) is 0 Å². The maximum atomic E-state index is 11.1. The Hall–Kier alpha value is -0.990. The largest absolute Gasteiger partial charge is 0.463 e. The van der Waals surface area contributed by atoms with E-state index in [4.69, 9.17) is 10.5 Å². The van der Waals surface area contributed by atoms with Gasteiger partial charge in [-0.25, -0.2) is 4.79 Å². The second kappa shape index (κ2) is 8.33. The SMILES string of the molecule is CCCCC(C)CC(N)=CC(=O)OCC. The molecule has 15 heavy (non-hydrogen) atoms. The number of carbonyl (C=O) groups is 1. The molecule has 3 heteroatoms. The Morgan fingerprint density at radius 1 is 1.47 bits per heavy atom. The van der Waals surface area contributed by atoms with Crippen LogP contribution < -0.4 is 5.73 Å². The van der Waals surface area contributed by atoms with E-state index in [1.165, 1.54) is 18.9 Å². The number of hydrogen-bond donors (Lipinski definition) is 1. The topological polar surface area (TPSA) is 52.3 Å². The number of esters is 1. The number of hydrogen-bond acceptors (Lipinski definition) is 3. The highest BCUT2D eigenvalue weighted by Gasteiger charge is 2.05. The van der Waals surface area contributed by atoms with Gasteiger partial charge in [0, 0.05) is 11.8 Å². The zero-order valence-electron chi connectivity index (χ0n) is 10.1. The zero-order valence-corrected chi connectivity index (χ0v) is 10.1. The molecule has 0 saturated carbocycles. The van der Waals surface area contributed by atoms with Gasteiger partial charge in [-0.15, -0.1) is 0 Å². The van der Waals surface area contributed by atoms with Crippen LogP contribution >= 0.6 is 0 Å². The molecule has 0 saturated heterocycles. The Balaban J connectivity index is 3.89. The van der Waals surface area contributed by atoms with Crippen LogP contribution in [0.25, 0.3) is 0 Å². The fraction of sp³-hybridized carbons (Fsp3) is 0.750. The van der Waals surface area contributed by atoms with E-state index >= 15 is 0 Å². The third kappa shape index (κ3) is 8.03. The maximum Gasteiger partial charge on any atom is 0.332 e. The summed E-state index contributed by atoms with van der Waals surface area (Å²) in [5, 5.41) is 0. The molecule has 0 aliphatic carbocycles. The van der Waals surface area contributed by atoms with Crippen molar-refractivity contribution in [3.8, 4) is 0 Å². The number of rotatable bonds is 7. The molecule has 0 radical (unpaired) electrons. The van der Waals surface area contributed by atoms with Gasteiger partial charge in [0.1, 0.15) is 0 Å². The van der Waals surface area contributed by atoms with Crippen LogP contribution in [-0.4, -0.2) is 12.6 Å². The lowest BCUT2D eigenvalue weighted by atomic mass is 9.99. The molecule has 0 bridgehead atoms. The average molecular weight is 213 g/mol. The van der Waals surface area contributed by atoms with Crippen molar-refractivity contribution in [1.82, 2.24) is 0 Å². The van der Waals surface area contributed by atoms with Gasteiger partial charge in [0.05, 0.1) is 6.61 Å². The van der Waals surface area contributed by atoms with Gasteiger partial charge in [0.2, 0.25) is 0 Å². The Morgan fingerprint density at radius 3 is 2.67 bits per heavy atom. The van der Waals surface area contributed by atoms with Crippen molar-refractivity contribution in [3.05, 3.63) is 11.8 Å². The molecule has 0 aromatic heterocycles. The normalized spacial score (nSPS) is 13.7. The van der Waals surface area contributed by atoms with Crippen LogP contribution in [0.5, 0.6) is 0 Å². The molecule has 0 amide bonds. The number of allylic oxidation sites excluding steroid dienone is 1. The lowest BCUT2D eigenvalue weighted by molar-refractivity contribution is -0.137. The second-order valence-corrected chi connectivity index (χ2v) is 3.92. The summed E-state index contributed by atoms with van der Waals surface area (Å²) in [6.07, 6.45) is 5.75. The van der Waals surface area contributed by atoms with Crippen molar-refractivity contribution in [3.63, 3.8) is 0 Å². The van der Waals surface area contributed by atoms with Crippen LogP contribution in [-0.2, 0) is 9.53 Å². The van der Waals surface area contributed by atoms with Gasteiger partial charge >= 0.3 is 5.97 Å². The van der Waals surface area contributed by atoms with Crippen LogP contribution in [0.2, 0.25) is 0 Å². The summed E-state index contributed by atoms with van der Waals surface area (Å²) in [7, 11) is 0. The zero-order chi connectivity index (χ0) is 11.7. The van der Waals surface area contributed by atoms with E-state index in [0.29, 0.717) is 18.2 Å². The van der Waals surface area contributed by atoms with Crippen molar-refractivity contribution in [2.24, 2.45) is 11.7 Å². The van der Waals surface area contributed by atoms with Crippen LogP contribution in [0.3, 0.4) is 0 Å². The molecular weight excluding hydrogens is 190 g/mol. The highest BCUT2D eigenvalue weighted by Crippen LogP contribution is 2.14. The van der Waals surface area contributed by atoms with E-state index in [-0.39, 0.29) is 5.97 Å². The Labute approximate surface area is 92.7 Å². The van der Waals surface area contributed by atoms with Crippen molar-refractivity contribution in [2.75, 3.05) is 6.61 Å². The van der Waals surface area contributed by atoms with E-state index in [2.05, 4.69) is 13.8 Å². The van der Waals surface area contributed by atoms with E-state index in [1.807, 2.05) is 0 Å². The predicted molar refractivity (Wildman–Crippen MR) is 62.2 cm³/mol. The highest BCUT2D eigenvalue weighted by molar-refractivity contribution is 5.82. The molecule has 1 unspecified atom stereocenters. The van der Waals surface area contributed by atoms with Crippen LogP contribution in [0.15, 0.2) is 11.8 Å².